The fraction of sp³-hybridized carbons (Fsp3) is 0.438. The Morgan fingerprint density at radius 1 is 1.26 bits per heavy atom. The summed E-state index contributed by atoms with van der Waals surface area (Å²) in [6.07, 6.45) is 3.71. The first-order valence-corrected chi connectivity index (χ1v) is 7.67. The van der Waals surface area contributed by atoms with Gasteiger partial charge in [-0.2, -0.15) is 0 Å². The van der Waals surface area contributed by atoms with E-state index in [4.69, 9.17) is 0 Å². The van der Waals surface area contributed by atoms with Crippen LogP contribution in [0, 0.1) is 0 Å². The van der Waals surface area contributed by atoms with Crippen molar-refractivity contribution in [1.29, 1.82) is 0 Å². The molecule has 0 unspecified atom stereocenters. The van der Waals surface area contributed by atoms with Crippen molar-refractivity contribution >= 4 is 18.3 Å². The van der Waals surface area contributed by atoms with Crippen LogP contribution in [0.3, 0.4) is 0 Å². The van der Waals surface area contributed by atoms with E-state index in [1.807, 2.05) is 42.3 Å². The van der Waals surface area contributed by atoms with E-state index < -0.39 is 0 Å². The van der Waals surface area contributed by atoms with Crippen molar-refractivity contribution in [1.82, 2.24) is 25.2 Å². The highest BCUT2D eigenvalue weighted by Crippen LogP contribution is 2.13. The van der Waals surface area contributed by atoms with Crippen LogP contribution in [-0.4, -0.2) is 52.0 Å². The number of rotatable bonds is 4. The maximum atomic E-state index is 12.5. The summed E-state index contributed by atoms with van der Waals surface area (Å²) in [7, 11) is 1.97. The fourth-order valence-electron chi connectivity index (χ4n) is 2.78. The molecule has 3 rings (SSSR count). The molecule has 0 spiro atoms. The summed E-state index contributed by atoms with van der Waals surface area (Å²) in [6, 6.07) is 10.5. The number of benzene rings is 1. The minimum absolute atomic E-state index is 0. The van der Waals surface area contributed by atoms with E-state index in [1.165, 1.54) is 0 Å². The summed E-state index contributed by atoms with van der Waals surface area (Å²) in [5.41, 5.74) is 1.57. The molecule has 2 heterocycles. The Morgan fingerprint density at radius 2 is 1.96 bits per heavy atom. The van der Waals surface area contributed by atoms with Gasteiger partial charge >= 0.3 is 0 Å². The quantitative estimate of drug-likeness (QED) is 0.921. The van der Waals surface area contributed by atoms with Crippen molar-refractivity contribution in [2.24, 2.45) is 0 Å². The molecule has 0 radical (unpaired) electrons. The standard InChI is InChI=1S/C16H21N5O.ClH/c1-17-14-7-9-20(10-8-14)16(22)15-12-21(19-18-15)11-13-5-3-2-4-6-13;/h2-6,12,14,17H,7-11H2,1H3;1H. The molecular formula is C16H22ClN5O. The topological polar surface area (TPSA) is 63.1 Å². The summed E-state index contributed by atoms with van der Waals surface area (Å²) in [6.45, 7) is 2.18. The third kappa shape index (κ3) is 4.30. The van der Waals surface area contributed by atoms with E-state index in [0.29, 0.717) is 18.3 Å². The van der Waals surface area contributed by atoms with Crippen LogP contribution in [0.1, 0.15) is 28.9 Å². The molecule has 1 aliphatic rings. The van der Waals surface area contributed by atoms with Crippen molar-refractivity contribution in [3.63, 3.8) is 0 Å². The Kier molecular flexibility index (Phi) is 6.12. The SMILES string of the molecule is CNC1CCN(C(=O)c2cn(Cc3ccccc3)nn2)CC1.Cl. The number of carbonyl (C=O) groups is 1. The summed E-state index contributed by atoms with van der Waals surface area (Å²) in [5, 5.41) is 11.4. The Bertz CT molecular complexity index is 622. The molecule has 7 heteroatoms. The van der Waals surface area contributed by atoms with Gasteiger partial charge in [0.05, 0.1) is 12.7 Å². The number of aromatic nitrogens is 3. The van der Waals surface area contributed by atoms with Gasteiger partial charge in [0.15, 0.2) is 5.69 Å². The zero-order valence-corrected chi connectivity index (χ0v) is 14.0. The molecule has 1 fully saturated rings. The molecule has 0 saturated carbocycles. The first-order valence-electron chi connectivity index (χ1n) is 7.67. The number of piperidine rings is 1. The highest BCUT2D eigenvalue weighted by Gasteiger charge is 2.24. The van der Waals surface area contributed by atoms with E-state index in [2.05, 4.69) is 15.6 Å². The zero-order chi connectivity index (χ0) is 15.4. The van der Waals surface area contributed by atoms with Gasteiger partial charge in [-0.25, -0.2) is 4.68 Å². The lowest BCUT2D eigenvalue weighted by atomic mass is 10.1. The van der Waals surface area contributed by atoms with Crippen LogP contribution in [0.25, 0.3) is 0 Å². The lowest BCUT2D eigenvalue weighted by molar-refractivity contribution is 0.0701. The molecule has 23 heavy (non-hydrogen) atoms. The van der Waals surface area contributed by atoms with Crippen LogP contribution in [0.2, 0.25) is 0 Å². The van der Waals surface area contributed by atoms with Gasteiger partial charge in [-0.3, -0.25) is 4.79 Å². The van der Waals surface area contributed by atoms with Crippen LogP contribution in [0.15, 0.2) is 36.5 Å². The van der Waals surface area contributed by atoms with Crippen molar-refractivity contribution in [3.05, 3.63) is 47.8 Å². The van der Waals surface area contributed by atoms with E-state index >= 15 is 0 Å². The highest BCUT2D eigenvalue weighted by molar-refractivity contribution is 5.92. The van der Waals surface area contributed by atoms with Crippen LogP contribution in [0.4, 0.5) is 0 Å². The molecule has 1 amide bonds. The predicted molar refractivity (Wildman–Crippen MR) is 90.8 cm³/mol. The average molecular weight is 336 g/mol. The first-order chi connectivity index (χ1) is 10.8. The molecule has 1 aromatic heterocycles. The summed E-state index contributed by atoms with van der Waals surface area (Å²) >= 11 is 0. The third-order valence-corrected chi connectivity index (χ3v) is 4.14. The average Bonchev–Trinajstić information content (AvgIpc) is 3.04. The number of halogens is 1. The lowest BCUT2D eigenvalue weighted by Crippen LogP contribution is -2.44. The fourth-order valence-corrected chi connectivity index (χ4v) is 2.78. The van der Waals surface area contributed by atoms with Crippen LogP contribution in [0.5, 0.6) is 0 Å². The molecule has 6 nitrogen and oxygen atoms in total. The number of nitrogens with one attached hydrogen (secondary N) is 1. The maximum Gasteiger partial charge on any atom is 0.276 e. The Morgan fingerprint density at radius 3 is 2.61 bits per heavy atom. The van der Waals surface area contributed by atoms with Gasteiger partial charge in [0.1, 0.15) is 0 Å². The summed E-state index contributed by atoms with van der Waals surface area (Å²) in [4.78, 5) is 14.3. The number of hydrogen-bond acceptors (Lipinski definition) is 4. The van der Waals surface area contributed by atoms with E-state index in [9.17, 15) is 4.79 Å². The first kappa shape index (κ1) is 17.4. The second kappa shape index (κ2) is 8.08. The Hall–Kier alpha value is -1.92. The van der Waals surface area contributed by atoms with E-state index in [1.54, 1.807) is 10.9 Å². The van der Waals surface area contributed by atoms with Crippen molar-refractivity contribution in [3.8, 4) is 0 Å². The van der Waals surface area contributed by atoms with Gasteiger partial charge in [0.25, 0.3) is 5.91 Å². The number of nitrogens with zero attached hydrogens (tertiary/aromatic N) is 4. The minimum Gasteiger partial charge on any atom is -0.337 e. The molecule has 2 aromatic rings. The smallest absolute Gasteiger partial charge is 0.276 e. The normalized spacial score (nSPS) is 15.3. The number of likely N-dealkylation sites (tertiary alicyclic amines) is 1. The molecule has 1 N–H and O–H groups in total. The number of carbonyl (C=O) groups excluding carboxylic acids is 1. The lowest BCUT2D eigenvalue weighted by Gasteiger charge is -2.31. The van der Waals surface area contributed by atoms with Gasteiger partial charge < -0.3 is 10.2 Å². The molecule has 124 valence electrons. The molecule has 0 aliphatic carbocycles. The van der Waals surface area contributed by atoms with Crippen molar-refractivity contribution < 1.29 is 4.79 Å². The Balaban J connectivity index is 0.00000192. The van der Waals surface area contributed by atoms with Crippen LogP contribution in [-0.2, 0) is 6.54 Å². The van der Waals surface area contributed by atoms with Crippen molar-refractivity contribution in [2.75, 3.05) is 20.1 Å². The number of hydrogen-bond donors (Lipinski definition) is 1. The molecule has 1 aromatic carbocycles. The van der Waals surface area contributed by atoms with E-state index in [0.717, 1.165) is 31.5 Å². The molecule has 0 atom stereocenters. The van der Waals surface area contributed by atoms with Crippen LogP contribution < -0.4 is 5.32 Å². The van der Waals surface area contributed by atoms with Crippen LogP contribution >= 0.6 is 12.4 Å². The van der Waals surface area contributed by atoms with Gasteiger partial charge in [0.2, 0.25) is 0 Å². The van der Waals surface area contributed by atoms with Gasteiger partial charge in [-0.1, -0.05) is 35.5 Å². The summed E-state index contributed by atoms with van der Waals surface area (Å²) in [5.74, 6) is -0.0196. The second-order valence-electron chi connectivity index (χ2n) is 5.64. The largest absolute Gasteiger partial charge is 0.337 e. The third-order valence-electron chi connectivity index (χ3n) is 4.14. The Labute approximate surface area is 142 Å². The molecule has 1 saturated heterocycles. The molecule has 0 bridgehead atoms. The number of amides is 1. The van der Waals surface area contributed by atoms with Gasteiger partial charge in [-0.05, 0) is 25.5 Å². The zero-order valence-electron chi connectivity index (χ0n) is 13.2. The highest BCUT2D eigenvalue weighted by atomic mass is 35.5. The summed E-state index contributed by atoms with van der Waals surface area (Å²) < 4.78 is 1.71. The van der Waals surface area contributed by atoms with E-state index in [-0.39, 0.29) is 18.3 Å². The monoisotopic (exact) mass is 335 g/mol. The maximum absolute atomic E-state index is 12.5. The second-order valence-corrected chi connectivity index (χ2v) is 5.64. The van der Waals surface area contributed by atoms with Gasteiger partial charge in [0, 0.05) is 19.1 Å². The van der Waals surface area contributed by atoms with Crippen molar-refractivity contribution in [2.45, 2.75) is 25.4 Å². The predicted octanol–water partition coefficient (Wildman–Crippen LogP) is 1.57. The van der Waals surface area contributed by atoms with Gasteiger partial charge in [-0.15, -0.1) is 17.5 Å². The minimum atomic E-state index is -0.0196. The molecule has 1 aliphatic heterocycles. The molecular weight excluding hydrogens is 314 g/mol.